The Labute approximate surface area is 182 Å². The van der Waals surface area contributed by atoms with Gasteiger partial charge in [0.1, 0.15) is 0 Å². The summed E-state index contributed by atoms with van der Waals surface area (Å²) in [5.41, 5.74) is 1.48. The summed E-state index contributed by atoms with van der Waals surface area (Å²) >= 11 is 12.4. The Balaban J connectivity index is 2.21. The van der Waals surface area contributed by atoms with Crippen LogP contribution in [0.5, 0.6) is 0 Å². The van der Waals surface area contributed by atoms with Crippen molar-refractivity contribution < 1.29 is 9.90 Å². The van der Waals surface area contributed by atoms with E-state index in [-0.39, 0.29) is 30.5 Å². The van der Waals surface area contributed by atoms with Crippen LogP contribution in [0.15, 0.2) is 42.7 Å². The van der Waals surface area contributed by atoms with E-state index >= 15 is 0 Å². The van der Waals surface area contributed by atoms with Crippen LogP contribution in [0.25, 0.3) is 0 Å². The van der Waals surface area contributed by atoms with E-state index in [0.29, 0.717) is 22.9 Å². The first kappa shape index (κ1) is 22.1. The molecule has 1 saturated heterocycles. The first-order valence-electron chi connectivity index (χ1n) is 10.1. The average molecular weight is 435 g/mol. The fourth-order valence-electron chi connectivity index (χ4n) is 4.40. The number of aliphatic hydroxyl groups excluding tert-OH is 1. The van der Waals surface area contributed by atoms with Gasteiger partial charge in [-0.1, -0.05) is 56.1 Å². The summed E-state index contributed by atoms with van der Waals surface area (Å²) in [4.78, 5) is 19.9. The van der Waals surface area contributed by atoms with Gasteiger partial charge in [0.05, 0.1) is 23.7 Å². The predicted molar refractivity (Wildman–Crippen MR) is 117 cm³/mol. The SMILES string of the molecule is CC[C@@H](CO)N1C(=O)[C@@](C)(CC)C[C@H](c2cncc(Cl)c2)[C@H]1c1ccc(Cl)cc1. The molecule has 6 heteroatoms. The number of aromatic nitrogens is 1. The summed E-state index contributed by atoms with van der Waals surface area (Å²) in [6.07, 6.45) is 5.55. The van der Waals surface area contributed by atoms with Crippen LogP contribution in [0.4, 0.5) is 0 Å². The topological polar surface area (TPSA) is 53.4 Å². The van der Waals surface area contributed by atoms with Crippen molar-refractivity contribution in [2.75, 3.05) is 6.61 Å². The Kier molecular flexibility index (Phi) is 6.87. The first-order chi connectivity index (χ1) is 13.8. The van der Waals surface area contributed by atoms with Crippen molar-refractivity contribution in [2.24, 2.45) is 5.41 Å². The third-order valence-electron chi connectivity index (χ3n) is 6.32. The highest BCUT2D eigenvalue weighted by molar-refractivity contribution is 6.30. The van der Waals surface area contributed by atoms with Crippen LogP contribution in [0.1, 0.15) is 63.1 Å². The second kappa shape index (κ2) is 9.03. The molecule has 0 unspecified atom stereocenters. The molecule has 1 amide bonds. The average Bonchev–Trinajstić information content (AvgIpc) is 2.72. The zero-order chi connectivity index (χ0) is 21.2. The minimum atomic E-state index is -0.515. The molecule has 1 aromatic heterocycles. The molecule has 0 aliphatic carbocycles. The van der Waals surface area contributed by atoms with Crippen molar-refractivity contribution in [3.8, 4) is 0 Å². The standard InChI is InChI=1S/C23H28Cl2N2O2/c1-4-19(14-28)27-21(15-6-8-17(24)9-7-15)20(11-23(3,5-2)22(27)29)16-10-18(25)13-26-12-16/h6-10,12-13,19-21,28H,4-5,11,14H2,1-3H3/t19-,20+,21+,23-/m0/s1. The van der Waals surface area contributed by atoms with Crippen molar-refractivity contribution in [3.63, 3.8) is 0 Å². The van der Waals surface area contributed by atoms with Gasteiger partial charge in [-0.2, -0.15) is 0 Å². The Morgan fingerprint density at radius 3 is 2.41 bits per heavy atom. The Hall–Kier alpha value is -1.62. The number of benzene rings is 1. The number of hydrogen-bond donors (Lipinski definition) is 1. The molecule has 0 saturated carbocycles. The molecule has 156 valence electrons. The van der Waals surface area contributed by atoms with Crippen molar-refractivity contribution >= 4 is 29.1 Å². The molecular formula is C23H28Cl2N2O2. The number of aliphatic hydroxyl groups is 1. The molecule has 4 nitrogen and oxygen atoms in total. The van der Waals surface area contributed by atoms with E-state index in [0.717, 1.165) is 17.5 Å². The van der Waals surface area contributed by atoms with Gasteiger partial charge >= 0.3 is 0 Å². The van der Waals surface area contributed by atoms with Gasteiger partial charge in [0.25, 0.3) is 0 Å². The molecule has 0 spiro atoms. The Morgan fingerprint density at radius 2 is 1.86 bits per heavy atom. The highest BCUT2D eigenvalue weighted by atomic mass is 35.5. The maximum Gasteiger partial charge on any atom is 0.229 e. The highest BCUT2D eigenvalue weighted by Crippen LogP contribution is 2.51. The zero-order valence-electron chi connectivity index (χ0n) is 17.1. The number of halogens is 2. The van der Waals surface area contributed by atoms with E-state index in [2.05, 4.69) is 4.98 Å². The van der Waals surface area contributed by atoms with Gasteiger partial charge in [0, 0.05) is 28.7 Å². The molecule has 2 heterocycles. The minimum Gasteiger partial charge on any atom is -0.394 e. The van der Waals surface area contributed by atoms with E-state index in [1.165, 1.54) is 0 Å². The first-order valence-corrected chi connectivity index (χ1v) is 10.9. The van der Waals surface area contributed by atoms with Gasteiger partial charge in [-0.3, -0.25) is 9.78 Å². The Bertz CT molecular complexity index is 854. The van der Waals surface area contributed by atoms with Gasteiger partial charge in [0.2, 0.25) is 5.91 Å². The lowest BCUT2D eigenvalue weighted by Crippen LogP contribution is -2.56. The van der Waals surface area contributed by atoms with Gasteiger partial charge < -0.3 is 10.0 Å². The largest absolute Gasteiger partial charge is 0.394 e. The fourth-order valence-corrected chi connectivity index (χ4v) is 4.71. The summed E-state index contributed by atoms with van der Waals surface area (Å²) in [7, 11) is 0. The van der Waals surface area contributed by atoms with Crippen LogP contribution in [-0.4, -0.2) is 33.5 Å². The quantitative estimate of drug-likeness (QED) is 0.640. The molecular weight excluding hydrogens is 407 g/mol. The molecule has 1 aliphatic heterocycles. The fraction of sp³-hybridized carbons (Fsp3) is 0.478. The summed E-state index contributed by atoms with van der Waals surface area (Å²) in [6.45, 7) is 5.99. The van der Waals surface area contributed by atoms with Crippen LogP contribution >= 0.6 is 23.2 Å². The molecule has 29 heavy (non-hydrogen) atoms. The molecule has 0 radical (unpaired) electrons. The zero-order valence-corrected chi connectivity index (χ0v) is 18.6. The maximum absolute atomic E-state index is 13.7. The predicted octanol–water partition coefficient (Wildman–Crippen LogP) is 5.63. The molecule has 1 N–H and O–H groups in total. The minimum absolute atomic E-state index is 0.00521. The number of carbonyl (C=O) groups excluding carboxylic acids is 1. The molecule has 0 bridgehead atoms. The van der Waals surface area contributed by atoms with Crippen molar-refractivity contribution in [1.29, 1.82) is 0 Å². The number of carbonyl (C=O) groups is 1. The number of pyridine rings is 1. The highest BCUT2D eigenvalue weighted by Gasteiger charge is 2.50. The molecule has 1 aliphatic rings. The third kappa shape index (κ3) is 4.30. The van der Waals surface area contributed by atoms with E-state index in [1.54, 1.807) is 6.20 Å². The second-order valence-electron chi connectivity index (χ2n) is 8.11. The Morgan fingerprint density at radius 1 is 1.17 bits per heavy atom. The van der Waals surface area contributed by atoms with Crippen molar-refractivity contribution in [2.45, 2.75) is 58.0 Å². The molecule has 1 aromatic carbocycles. The summed E-state index contributed by atoms with van der Waals surface area (Å²) in [5, 5.41) is 11.3. The normalized spacial score (nSPS) is 25.9. The number of piperidine rings is 1. The van der Waals surface area contributed by atoms with Gasteiger partial charge in [0.15, 0.2) is 0 Å². The summed E-state index contributed by atoms with van der Waals surface area (Å²) in [6, 6.07) is 9.08. The molecule has 2 aromatic rings. The smallest absolute Gasteiger partial charge is 0.229 e. The van der Waals surface area contributed by atoms with E-state index in [4.69, 9.17) is 23.2 Å². The number of rotatable bonds is 6. The molecule has 4 atom stereocenters. The lowest BCUT2D eigenvalue weighted by Gasteiger charge is -2.51. The van der Waals surface area contributed by atoms with Crippen molar-refractivity contribution in [1.82, 2.24) is 9.88 Å². The van der Waals surface area contributed by atoms with Crippen LogP contribution in [-0.2, 0) is 4.79 Å². The van der Waals surface area contributed by atoms with Gasteiger partial charge in [-0.05, 0) is 48.6 Å². The third-order valence-corrected chi connectivity index (χ3v) is 6.78. The van der Waals surface area contributed by atoms with Crippen LogP contribution in [0, 0.1) is 5.41 Å². The van der Waals surface area contributed by atoms with Gasteiger partial charge in [-0.25, -0.2) is 0 Å². The summed E-state index contributed by atoms with van der Waals surface area (Å²) < 4.78 is 0. The lowest BCUT2D eigenvalue weighted by molar-refractivity contribution is -0.156. The van der Waals surface area contributed by atoms with E-state index in [1.807, 2.05) is 62.2 Å². The second-order valence-corrected chi connectivity index (χ2v) is 8.99. The van der Waals surface area contributed by atoms with Gasteiger partial charge in [-0.15, -0.1) is 0 Å². The molecule has 3 rings (SSSR count). The van der Waals surface area contributed by atoms with Crippen LogP contribution in [0.2, 0.25) is 10.0 Å². The number of amides is 1. The monoisotopic (exact) mass is 434 g/mol. The lowest BCUT2D eigenvalue weighted by atomic mass is 9.67. The molecule has 1 fully saturated rings. The number of likely N-dealkylation sites (tertiary alicyclic amines) is 1. The van der Waals surface area contributed by atoms with E-state index < -0.39 is 5.41 Å². The van der Waals surface area contributed by atoms with Crippen molar-refractivity contribution in [3.05, 3.63) is 63.9 Å². The number of hydrogen-bond acceptors (Lipinski definition) is 3. The summed E-state index contributed by atoms with van der Waals surface area (Å²) in [5.74, 6) is 0.0951. The maximum atomic E-state index is 13.7. The van der Waals surface area contributed by atoms with Crippen LogP contribution in [0.3, 0.4) is 0 Å². The van der Waals surface area contributed by atoms with E-state index in [9.17, 15) is 9.90 Å². The van der Waals surface area contributed by atoms with Crippen LogP contribution < -0.4 is 0 Å². The number of nitrogens with zero attached hydrogens (tertiary/aromatic N) is 2.